The molecule has 2 bridgehead atoms. The van der Waals surface area contributed by atoms with Crippen molar-refractivity contribution in [2.24, 2.45) is 33.5 Å². The van der Waals surface area contributed by atoms with E-state index in [9.17, 15) is 46.1 Å². The van der Waals surface area contributed by atoms with Gasteiger partial charge in [0.25, 0.3) is 0 Å². The molecule has 1 amide bonds. The normalized spacial score (nSPS) is 35.4. The highest BCUT2D eigenvalue weighted by Crippen LogP contribution is 2.78. The lowest BCUT2D eigenvalue weighted by molar-refractivity contribution is -0.274. The number of rotatable bonds is 8. The number of halogens is 6. The van der Waals surface area contributed by atoms with E-state index in [2.05, 4.69) is 23.8 Å². The average molecular weight is 762 g/mol. The number of fused-ring (bicyclic) bond motifs is 1. The molecule has 2 N–H and O–H groups in total. The minimum Gasteiger partial charge on any atom is -0.450 e. The van der Waals surface area contributed by atoms with Crippen LogP contribution in [0.1, 0.15) is 87.2 Å². The largest absolute Gasteiger partial charge is 0.573 e. The number of allylic oxidation sites excluding steroid dienone is 4. The molecular weight excluding hydrogens is 716 g/mol. The van der Waals surface area contributed by atoms with Crippen molar-refractivity contribution in [2.75, 3.05) is 13.2 Å². The summed E-state index contributed by atoms with van der Waals surface area (Å²) < 4.78 is 89.3. The maximum atomic E-state index is 14.7. The lowest BCUT2D eigenvalue weighted by Crippen LogP contribution is -2.67. The number of hydrogen-bond donors (Lipinski definition) is 2. The van der Waals surface area contributed by atoms with Gasteiger partial charge in [0.2, 0.25) is 0 Å². The van der Waals surface area contributed by atoms with Gasteiger partial charge in [0.15, 0.2) is 5.78 Å². The van der Waals surface area contributed by atoms with E-state index >= 15 is 0 Å². The standard InChI is InChI=1S/C41H45F6NO6/c1-4-53-34(51)48(23-25-8-10-29(11-9-25)54-41(45,46)47)24-38(52)17-14-32-36(38,3)16-13-31-35(2)15-12-28(49)21-37(35)18-19-39(31,32)30(22-37)33(50)26-6-5-7-27(20-26)40(42,43)44/h5-11,18-20,22,28,31-32,49,52H,4,12-17,21,23-24H2,1-3H3. The monoisotopic (exact) mass is 761 g/mol. The van der Waals surface area contributed by atoms with Crippen LogP contribution < -0.4 is 4.74 Å². The van der Waals surface area contributed by atoms with E-state index in [-0.39, 0.29) is 48.9 Å². The fourth-order valence-corrected chi connectivity index (χ4v) is 11.3. The van der Waals surface area contributed by atoms with Crippen LogP contribution in [0.25, 0.3) is 0 Å². The van der Waals surface area contributed by atoms with Gasteiger partial charge in [-0.2, -0.15) is 13.2 Å². The summed E-state index contributed by atoms with van der Waals surface area (Å²) in [7, 11) is 0. The molecule has 6 aliphatic carbocycles. The van der Waals surface area contributed by atoms with Crippen molar-refractivity contribution in [2.45, 2.75) is 96.5 Å². The predicted molar refractivity (Wildman–Crippen MR) is 185 cm³/mol. The molecule has 8 rings (SSSR count). The molecule has 8 atom stereocenters. The fourth-order valence-electron chi connectivity index (χ4n) is 11.3. The average Bonchev–Trinajstić information content (AvgIpc) is 3.37. The molecule has 2 aromatic rings. The summed E-state index contributed by atoms with van der Waals surface area (Å²) in [4.78, 5) is 29.5. The van der Waals surface area contributed by atoms with Crippen molar-refractivity contribution in [3.05, 3.63) is 89.0 Å². The van der Waals surface area contributed by atoms with Gasteiger partial charge in [-0.3, -0.25) is 4.79 Å². The maximum absolute atomic E-state index is 14.7. The molecule has 8 unspecified atom stereocenters. The molecular formula is C41H45F6NO6. The SMILES string of the molecule is CCOC(=O)N(Cc1ccc(OC(F)(F)F)cc1)CC1(O)CCC2C34C=CC5(C=C3C(=O)c3cccc(C(F)(F)F)c3)CC(O)CCC5(C)C4CCC21C. The number of hydrogen-bond acceptors (Lipinski definition) is 6. The third kappa shape index (κ3) is 5.95. The Hall–Kier alpha value is -3.84. The van der Waals surface area contributed by atoms with E-state index in [0.29, 0.717) is 49.7 Å². The smallest absolute Gasteiger partial charge is 0.450 e. The Morgan fingerprint density at radius 2 is 1.57 bits per heavy atom. The van der Waals surface area contributed by atoms with E-state index in [1.807, 2.05) is 13.0 Å². The van der Waals surface area contributed by atoms with E-state index in [1.54, 1.807) is 6.92 Å². The van der Waals surface area contributed by atoms with Gasteiger partial charge < -0.3 is 24.6 Å². The van der Waals surface area contributed by atoms with Gasteiger partial charge in [-0.1, -0.05) is 56.3 Å². The fraction of sp³-hybridized carbons (Fsp3) is 0.561. The Balaban J connectivity index is 1.27. The molecule has 7 nitrogen and oxygen atoms in total. The summed E-state index contributed by atoms with van der Waals surface area (Å²) in [6.45, 7) is 5.59. The third-order valence-corrected chi connectivity index (χ3v) is 13.9. The minimum absolute atomic E-state index is 0.0441. The first-order chi connectivity index (χ1) is 25.2. The van der Waals surface area contributed by atoms with Gasteiger partial charge in [-0.25, -0.2) is 4.79 Å². The highest BCUT2D eigenvalue weighted by Gasteiger charge is 2.74. The molecule has 0 radical (unpaired) electrons. The van der Waals surface area contributed by atoms with Crippen LogP contribution in [0, 0.1) is 33.5 Å². The van der Waals surface area contributed by atoms with Crippen molar-refractivity contribution in [3.63, 3.8) is 0 Å². The number of amides is 1. The summed E-state index contributed by atoms with van der Waals surface area (Å²) in [5.74, 6) is -1.40. The van der Waals surface area contributed by atoms with E-state index in [1.165, 1.54) is 29.2 Å². The van der Waals surface area contributed by atoms with Crippen molar-refractivity contribution < 1.29 is 55.6 Å². The first-order valence-corrected chi connectivity index (χ1v) is 18.5. The number of nitrogens with zero attached hydrogens (tertiary/aromatic N) is 1. The number of Topliss-reactive ketones (excluding diaryl/α,β-unsaturated/α-hetero) is 1. The van der Waals surface area contributed by atoms with Gasteiger partial charge >= 0.3 is 18.6 Å². The second-order valence-electron chi connectivity index (χ2n) is 16.5. The highest BCUT2D eigenvalue weighted by molar-refractivity contribution is 6.10. The summed E-state index contributed by atoms with van der Waals surface area (Å²) in [5, 5.41) is 23.7. The molecule has 3 fully saturated rings. The van der Waals surface area contributed by atoms with Gasteiger partial charge in [0, 0.05) is 33.9 Å². The quantitative estimate of drug-likeness (QED) is 0.158. The molecule has 0 saturated heterocycles. The van der Waals surface area contributed by atoms with Crippen LogP contribution in [-0.4, -0.2) is 58.2 Å². The Morgan fingerprint density at radius 3 is 2.24 bits per heavy atom. The van der Waals surface area contributed by atoms with Gasteiger partial charge in [-0.15, -0.1) is 13.2 Å². The molecule has 0 heterocycles. The summed E-state index contributed by atoms with van der Waals surface area (Å²) in [6.07, 6.45) is -1.31. The molecule has 0 aromatic heterocycles. The third-order valence-electron chi connectivity index (χ3n) is 13.9. The van der Waals surface area contributed by atoms with Crippen molar-refractivity contribution in [1.29, 1.82) is 0 Å². The van der Waals surface area contributed by atoms with Gasteiger partial charge in [0.1, 0.15) is 5.75 Å². The molecule has 0 aliphatic heterocycles. The number of ether oxygens (including phenoxy) is 2. The van der Waals surface area contributed by atoms with Crippen molar-refractivity contribution >= 4 is 11.9 Å². The summed E-state index contributed by atoms with van der Waals surface area (Å²) in [5.41, 5.74) is -4.55. The molecule has 2 spiro atoms. The maximum Gasteiger partial charge on any atom is 0.573 e. The van der Waals surface area contributed by atoms with Crippen LogP contribution in [0.3, 0.4) is 0 Å². The predicted octanol–water partition coefficient (Wildman–Crippen LogP) is 9.04. The lowest BCUT2D eigenvalue weighted by atomic mass is 9.32. The number of carbonyl (C=O) groups excluding carboxylic acids is 2. The Kier molecular flexibility index (Phi) is 9.15. The zero-order valence-corrected chi connectivity index (χ0v) is 30.4. The van der Waals surface area contributed by atoms with Gasteiger partial charge in [-0.05, 0) is 98.9 Å². The van der Waals surface area contributed by atoms with Crippen LogP contribution >= 0.6 is 0 Å². The van der Waals surface area contributed by atoms with Crippen LogP contribution in [0.2, 0.25) is 0 Å². The first kappa shape index (κ1) is 38.4. The lowest BCUT2D eigenvalue weighted by Gasteiger charge is -2.71. The Bertz CT molecular complexity index is 1880. The second-order valence-corrected chi connectivity index (χ2v) is 16.5. The van der Waals surface area contributed by atoms with Crippen LogP contribution in [0.15, 0.2) is 72.3 Å². The number of alkyl halides is 6. The van der Waals surface area contributed by atoms with Crippen LogP contribution in [0.4, 0.5) is 31.1 Å². The molecule has 13 heteroatoms. The Morgan fingerprint density at radius 1 is 0.907 bits per heavy atom. The molecule has 6 aliphatic rings. The molecule has 3 saturated carbocycles. The second kappa shape index (κ2) is 12.9. The number of aliphatic hydroxyl groups is 2. The number of ketones is 1. The number of carbonyl (C=O) groups is 2. The molecule has 292 valence electrons. The molecule has 54 heavy (non-hydrogen) atoms. The van der Waals surface area contributed by atoms with Crippen molar-refractivity contribution in [3.8, 4) is 5.75 Å². The number of aliphatic hydroxyl groups excluding tert-OH is 1. The minimum atomic E-state index is -4.87. The Labute approximate surface area is 310 Å². The number of benzene rings is 2. The van der Waals surface area contributed by atoms with E-state index in [0.717, 1.165) is 24.3 Å². The zero-order valence-electron chi connectivity index (χ0n) is 30.4. The van der Waals surface area contributed by atoms with E-state index in [4.69, 9.17) is 4.74 Å². The summed E-state index contributed by atoms with van der Waals surface area (Å²) in [6, 6.07) is 9.55. The van der Waals surface area contributed by atoms with E-state index < -0.39 is 63.7 Å². The first-order valence-electron chi connectivity index (χ1n) is 18.5. The summed E-state index contributed by atoms with van der Waals surface area (Å²) >= 11 is 0. The topological polar surface area (TPSA) is 96.3 Å². The zero-order chi connectivity index (χ0) is 39.1. The van der Waals surface area contributed by atoms with Crippen LogP contribution in [0.5, 0.6) is 5.75 Å². The highest BCUT2D eigenvalue weighted by atomic mass is 19.4. The molecule has 2 aromatic carbocycles. The van der Waals surface area contributed by atoms with Gasteiger partial charge in [0.05, 0.1) is 30.4 Å². The van der Waals surface area contributed by atoms with Crippen LogP contribution in [-0.2, 0) is 17.5 Å². The van der Waals surface area contributed by atoms with Crippen molar-refractivity contribution in [1.82, 2.24) is 4.90 Å².